The summed E-state index contributed by atoms with van der Waals surface area (Å²) in [6.45, 7) is 11.4. The van der Waals surface area contributed by atoms with Crippen molar-refractivity contribution in [3.8, 4) is 0 Å². The van der Waals surface area contributed by atoms with E-state index in [0.717, 1.165) is 44.0 Å². The van der Waals surface area contributed by atoms with E-state index in [1.807, 2.05) is 53.7 Å². The summed E-state index contributed by atoms with van der Waals surface area (Å²) < 4.78 is 0. The minimum absolute atomic E-state index is 0.0496. The lowest BCUT2D eigenvalue weighted by Crippen LogP contribution is -2.34. The number of thiol groups is 1. The van der Waals surface area contributed by atoms with Crippen LogP contribution >= 0.6 is 12.6 Å². The Balaban J connectivity index is 1.88. The number of allylic oxidation sites excluding steroid dienone is 1. The van der Waals surface area contributed by atoms with Gasteiger partial charge in [-0.2, -0.15) is 0 Å². The molecule has 2 aliphatic rings. The lowest BCUT2D eigenvalue weighted by atomic mass is 9.97. The van der Waals surface area contributed by atoms with Gasteiger partial charge in [-0.05, 0) is 97.9 Å². The van der Waals surface area contributed by atoms with Gasteiger partial charge < -0.3 is 36.5 Å². The number of carbonyl (C=O) groups is 4. The lowest BCUT2D eigenvalue weighted by molar-refractivity contribution is -0.139. The van der Waals surface area contributed by atoms with Crippen LogP contribution in [0.15, 0.2) is 21.6 Å². The highest BCUT2D eigenvalue weighted by molar-refractivity contribution is 7.84. The molecule has 4 atom stereocenters. The molecule has 0 radical (unpaired) electrons. The van der Waals surface area contributed by atoms with Gasteiger partial charge in [0.1, 0.15) is 6.04 Å². The van der Waals surface area contributed by atoms with Gasteiger partial charge in [0.15, 0.2) is 0 Å². The van der Waals surface area contributed by atoms with Gasteiger partial charge in [0, 0.05) is 46.9 Å². The highest BCUT2D eigenvalue weighted by Gasteiger charge is 2.34. The highest BCUT2D eigenvalue weighted by atomic mass is 32.1. The van der Waals surface area contributed by atoms with Crippen molar-refractivity contribution in [1.82, 2.24) is 20.6 Å². The van der Waals surface area contributed by atoms with Crippen LogP contribution in [0.25, 0.3) is 12.2 Å². The maximum absolute atomic E-state index is 12.5. The van der Waals surface area contributed by atoms with Crippen LogP contribution in [0.5, 0.6) is 0 Å². The Morgan fingerprint density at radius 2 is 1.73 bits per heavy atom. The summed E-state index contributed by atoms with van der Waals surface area (Å²) in [5.41, 5.74) is 13.5. The number of rotatable bonds is 11. The smallest absolute Gasteiger partial charge is 0.320 e. The van der Waals surface area contributed by atoms with Gasteiger partial charge in [0.2, 0.25) is 11.8 Å². The number of hydrogen-bond donors (Lipinski definition) is 8. The molecule has 0 spiro atoms. The van der Waals surface area contributed by atoms with Crippen molar-refractivity contribution in [1.29, 1.82) is 0 Å². The molecule has 242 valence electrons. The number of aromatic nitrogens is 2. The summed E-state index contributed by atoms with van der Waals surface area (Å²) in [7, 11) is 0. The molecule has 45 heavy (non-hydrogen) atoms. The lowest BCUT2D eigenvalue weighted by Gasteiger charge is -2.12. The molecule has 4 heterocycles. The van der Waals surface area contributed by atoms with Crippen LogP contribution in [-0.2, 0) is 38.4 Å². The fourth-order valence-electron chi connectivity index (χ4n) is 6.47. The second kappa shape index (κ2) is 13.5. The quantitative estimate of drug-likeness (QED) is 0.172. The van der Waals surface area contributed by atoms with Gasteiger partial charge in [0.05, 0.1) is 18.0 Å². The molecular weight excluding hydrogens is 594 g/mol. The molecule has 0 bridgehead atoms. The van der Waals surface area contributed by atoms with Crippen molar-refractivity contribution in [3.63, 3.8) is 0 Å². The Bertz CT molecular complexity index is 1740. The van der Waals surface area contributed by atoms with Crippen molar-refractivity contribution in [3.05, 3.63) is 66.0 Å². The largest absolute Gasteiger partial charge is 0.481 e. The minimum atomic E-state index is -1.15. The van der Waals surface area contributed by atoms with Gasteiger partial charge in [-0.15, -0.1) is 12.6 Å². The highest BCUT2D eigenvalue weighted by Crippen LogP contribution is 2.29. The number of nitrogens with one attached hydrogen (secondary N) is 4. The average Bonchev–Trinajstić information content (AvgIpc) is 3.60. The Kier molecular flexibility index (Phi) is 10.2. The molecule has 1 fully saturated rings. The van der Waals surface area contributed by atoms with E-state index in [9.17, 15) is 29.4 Å². The molecule has 0 saturated carbocycles. The third kappa shape index (κ3) is 6.96. The summed E-state index contributed by atoms with van der Waals surface area (Å²) >= 11 is 4.52. The van der Waals surface area contributed by atoms with Crippen molar-refractivity contribution >= 4 is 48.5 Å². The molecule has 2 unspecified atom stereocenters. The van der Waals surface area contributed by atoms with E-state index in [0.29, 0.717) is 34.8 Å². The third-order valence-corrected chi connectivity index (χ3v) is 9.43. The van der Waals surface area contributed by atoms with Crippen LogP contribution in [0, 0.1) is 19.8 Å². The number of hydrogen-bond acceptors (Lipinski definition) is 6. The van der Waals surface area contributed by atoms with Crippen LogP contribution in [0.4, 0.5) is 0 Å². The molecule has 2 aromatic heterocycles. The van der Waals surface area contributed by atoms with Gasteiger partial charge in [-0.1, -0.05) is 6.92 Å². The second-order valence-corrected chi connectivity index (χ2v) is 12.7. The Morgan fingerprint density at radius 1 is 1.04 bits per heavy atom. The van der Waals surface area contributed by atoms with E-state index >= 15 is 0 Å². The van der Waals surface area contributed by atoms with Gasteiger partial charge in [0.25, 0.3) is 0 Å². The van der Waals surface area contributed by atoms with Crippen LogP contribution in [0.1, 0.15) is 74.2 Å². The molecule has 0 aliphatic carbocycles. The minimum Gasteiger partial charge on any atom is -0.481 e. The molecule has 2 amide bonds. The predicted octanol–water partition coefficient (Wildman–Crippen LogP) is 1.65. The molecule has 2 aliphatic heterocycles. The number of aromatic amines is 2. The zero-order valence-corrected chi connectivity index (χ0v) is 27.4. The number of amides is 2. The summed E-state index contributed by atoms with van der Waals surface area (Å²) in [5, 5.41) is 26.5. The number of carbonyl (C=O) groups excluding carboxylic acids is 2. The SMILES string of the molecule is CCC1=C(C)[C@@H](Cc2[nH]c(/C=c3\[nH]/c(=C/[C@@H]4NC(=O)C(C)/C4=C(/C)S)c(C)c3CC(N)C(=O)O)c(CCC(=O)O)c2C)NC1=O. The standard InChI is InChI=1S/C33H43N5O6S/c1-7-19-14(2)25(37-32(19)42)11-23-15(3)20(8-9-29(39)40)26(35-23)13-27-21(10-22(34)33(43)44)16(4)24(36-27)12-28-30(18(6)45)17(5)31(41)38-28/h12-13,17,22,25,28,35-36,45H,7-11,34H2,1-6H3,(H,37,42)(H,38,41)(H,39,40)(H,43,44)/b24-12+,27-13-,30-18+/t17?,22?,25-,28+/m1/s1. The molecule has 4 rings (SSSR count). The molecule has 8 N–H and O–H groups in total. The Labute approximate surface area is 267 Å². The number of carboxylic acids is 2. The number of carboxylic acid groups (broad SMARTS) is 2. The van der Waals surface area contributed by atoms with Crippen LogP contribution in [0.2, 0.25) is 0 Å². The maximum atomic E-state index is 12.5. The van der Waals surface area contributed by atoms with E-state index < -0.39 is 24.0 Å². The van der Waals surface area contributed by atoms with Crippen molar-refractivity contribution in [2.45, 2.75) is 91.8 Å². The van der Waals surface area contributed by atoms with Gasteiger partial charge >= 0.3 is 11.9 Å². The van der Waals surface area contributed by atoms with E-state index in [1.165, 1.54) is 0 Å². The van der Waals surface area contributed by atoms with Crippen molar-refractivity contribution < 1.29 is 29.4 Å². The van der Waals surface area contributed by atoms with E-state index in [-0.39, 0.29) is 43.0 Å². The van der Waals surface area contributed by atoms with Gasteiger partial charge in [-0.3, -0.25) is 19.2 Å². The summed E-state index contributed by atoms with van der Waals surface area (Å²) in [6.07, 6.45) is 5.17. The van der Waals surface area contributed by atoms with Crippen LogP contribution in [0.3, 0.4) is 0 Å². The Morgan fingerprint density at radius 3 is 2.31 bits per heavy atom. The van der Waals surface area contributed by atoms with E-state index in [4.69, 9.17) is 5.73 Å². The van der Waals surface area contributed by atoms with E-state index in [2.05, 4.69) is 33.2 Å². The molecule has 1 saturated heterocycles. The fourth-order valence-corrected chi connectivity index (χ4v) is 6.81. The third-order valence-electron chi connectivity index (χ3n) is 9.17. The monoisotopic (exact) mass is 637 g/mol. The molecular formula is C33H43N5O6S. The zero-order chi connectivity index (χ0) is 33.3. The predicted molar refractivity (Wildman–Crippen MR) is 175 cm³/mol. The fraction of sp³-hybridized carbons (Fsp3) is 0.455. The van der Waals surface area contributed by atoms with Crippen molar-refractivity contribution in [2.24, 2.45) is 11.7 Å². The summed E-state index contributed by atoms with van der Waals surface area (Å²) in [5.74, 6) is -2.55. The number of H-pyrrole nitrogens is 2. The molecule has 12 heteroatoms. The van der Waals surface area contributed by atoms with Crippen LogP contribution < -0.4 is 27.1 Å². The van der Waals surface area contributed by atoms with Crippen LogP contribution in [-0.4, -0.2) is 62.1 Å². The maximum Gasteiger partial charge on any atom is 0.320 e. The van der Waals surface area contributed by atoms with Gasteiger partial charge in [-0.25, -0.2) is 0 Å². The van der Waals surface area contributed by atoms with Crippen molar-refractivity contribution in [2.75, 3.05) is 0 Å². The Hall–Kier alpha value is -4.03. The normalized spacial score (nSPS) is 22.7. The first kappa shape index (κ1) is 33.9. The average molecular weight is 638 g/mol. The van der Waals surface area contributed by atoms with E-state index in [1.54, 1.807) is 0 Å². The topological polar surface area (TPSA) is 190 Å². The number of aliphatic carboxylic acids is 2. The first-order chi connectivity index (χ1) is 21.1. The molecule has 11 nitrogen and oxygen atoms in total. The molecule has 2 aromatic rings. The first-order valence-corrected chi connectivity index (χ1v) is 15.6. The number of nitrogens with two attached hydrogens (primary N) is 1. The zero-order valence-electron chi connectivity index (χ0n) is 26.6. The molecule has 0 aromatic carbocycles. The summed E-state index contributed by atoms with van der Waals surface area (Å²) in [6, 6.07) is -1.72. The summed E-state index contributed by atoms with van der Waals surface area (Å²) in [4.78, 5) is 56.0. The first-order valence-electron chi connectivity index (χ1n) is 15.2. The second-order valence-electron chi connectivity index (χ2n) is 12.0.